The van der Waals surface area contributed by atoms with E-state index in [2.05, 4.69) is 15.6 Å². The van der Waals surface area contributed by atoms with Gasteiger partial charge in [0.1, 0.15) is 0 Å². The van der Waals surface area contributed by atoms with E-state index in [0.29, 0.717) is 6.04 Å². The highest BCUT2D eigenvalue weighted by Crippen LogP contribution is 2.24. The van der Waals surface area contributed by atoms with Crippen molar-refractivity contribution in [3.63, 3.8) is 0 Å². The van der Waals surface area contributed by atoms with Gasteiger partial charge in [0.05, 0.1) is 17.9 Å². The number of nitrogens with zero attached hydrogens (tertiary/aromatic N) is 3. The molecule has 1 aliphatic rings. The average molecular weight is 235 g/mol. The second kappa shape index (κ2) is 3.88. The molecule has 16 heavy (non-hydrogen) atoms. The van der Waals surface area contributed by atoms with Gasteiger partial charge >= 0.3 is 0 Å². The molecule has 1 fully saturated rings. The van der Waals surface area contributed by atoms with Gasteiger partial charge in [0, 0.05) is 23.7 Å². The summed E-state index contributed by atoms with van der Waals surface area (Å²) in [5.41, 5.74) is 2.08. The summed E-state index contributed by atoms with van der Waals surface area (Å²) in [5, 5.41) is 12.1. The van der Waals surface area contributed by atoms with Gasteiger partial charge in [-0.05, 0) is 12.1 Å². The lowest BCUT2D eigenvalue weighted by atomic mass is 10.1. The number of benzene rings is 1. The molecule has 0 saturated carbocycles. The van der Waals surface area contributed by atoms with Crippen LogP contribution in [-0.4, -0.2) is 28.1 Å². The summed E-state index contributed by atoms with van der Waals surface area (Å²) in [6.07, 6.45) is 1.78. The summed E-state index contributed by atoms with van der Waals surface area (Å²) in [6, 6.07) is 8.17. The summed E-state index contributed by atoms with van der Waals surface area (Å²) < 4.78 is 1.96. The first-order valence-electron chi connectivity index (χ1n) is 5.21. The summed E-state index contributed by atoms with van der Waals surface area (Å²) in [5.74, 6) is 0. The van der Waals surface area contributed by atoms with E-state index in [-0.39, 0.29) is 0 Å². The van der Waals surface area contributed by atoms with Gasteiger partial charge in [-0.2, -0.15) is 0 Å². The Balaban J connectivity index is 2.02. The standard InChI is InChI=1S/C11H11ClN4/c12-9-3-1-2-8(4-9)11-7-14-15-16(11)10-5-13-6-10/h1-4,7,10,13H,5-6H2. The minimum absolute atomic E-state index is 0.413. The van der Waals surface area contributed by atoms with E-state index in [0.717, 1.165) is 29.4 Å². The third kappa shape index (κ3) is 1.60. The Morgan fingerprint density at radius 2 is 2.25 bits per heavy atom. The molecule has 1 N–H and O–H groups in total. The zero-order valence-electron chi connectivity index (χ0n) is 8.60. The first-order chi connectivity index (χ1) is 7.84. The molecule has 1 aromatic carbocycles. The fourth-order valence-corrected chi connectivity index (χ4v) is 2.00. The van der Waals surface area contributed by atoms with Gasteiger partial charge in [0.25, 0.3) is 0 Å². The van der Waals surface area contributed by atoms with Crippen LogP contribution in [0.2, 0.25) is 5.02 Å². The van der Waals surface area contributed by atoms with Gasteiger partial charge in [0.15, 0.2) is 0 Å². The molecule has 0 amide bonds. The molecule has 3 rings (SSSR count). The number of halogens is 1. The molecule has 2 heterocycles. The Kier molecular flexibility index (Phi) is 2.38. The highest BCUT2D eigenvalue weighted by molar-refractivity contribution is 6.30. The maximum Gasteiger partial charge on any atom is 0.0890 e. The first-order valence-corrected chi connectivity index (χ1v) is 5.59. The summed E-state index contributed by atoms with van der Waals surface area (Å²) >= 11 is 5.98. The summed E-state index contributed by atoms with van der Waals surface area (Å²) in [4.78, 5) is 0. The lowest BCUT2D eigenvalue weighted by Crippen LogP contribution is -2.44. The SMILES string of the molecule is Clc1cccc(-c2cnnn2C2CNC2)c1. The van der Waals surface area contributed by atoms with E-state index >= 15 is 0 Å². The molecule has 1 aromatic heterocycles. The van der Waals surface area contributed by atoms with Crippen molar-refractivity contribution in [2.75, 3.05) is 13.1 Å². The number of hydrogen-bond acceptors (Lipinski definition) is 3. The van der Waals surface area contributed by atoms with Crippen LogP contribution in [0.3, 0.4) is 0 Å². The van der Waals surface area contributed by atoms with Crippen LogP contribution in [0, 0.1) is 0 Å². The van der Waals surface area contributed by atoms with E-state index in [1.54, 1.807) is 6.20 Å². The highest BCUT2D eigenvalue weighted by atomic mass is 35.5. The maximum absolute atomic E-state index is 5.98. The molecule has 1 aliphatic heterocycles. The highest BCUT2D eigenvalue weighted by Gasteiger charge is 2.22. The van der Waals surface area contributed by atoms with Crippen molar-refractivity contribution in [2.24, 2.45) is 0 Å². The zero-order valence-corrected chi connectivity index (χ0v) is 9.35. The monoisotopic (exact) mass is 234 g/mol. The van der Waals surface area contributed by atoms with E-state index in [1.807, 2.05) is 28.9 Å². The molecule has 2 aromatic rings. The van der Waals surface area contributed by atoms with E-state index < -0.39 is 0 Å². The molecule has 0 radical (unpaired) electrons. The molecule has 4 nitrogen and oxygen atoms in total. The summed E-state index contributed by atoms with van der Waals surface area (Å²) in [6.45, 7) is 1.91. The summed E-state index contributed by atoms with van der Waals surface area (Å²) in [7, 11) is 0. The van der Waals surface area contributed by atoms with Crippen LogP contribution in [0.5, 0.6) is 0 Å². The molecule has 0 atom stereocenters. The minimum atomic E-state index is 0.413. The molecular formula is C11H11ClN4. The largest absolute Gasteiger partial charge is 0.312 e. The van der Waals surface area contributed by atoms with Crippen LogP contribution in [0.25, 0.3) is 11.3 Å². The van der Waals surface area contributed by atoms with E-state index in [4.69, 9.17) is 11.6 Å². The fourth-order valence-electron chi connectivity index (χ4n) is 1.81. The van der Waals surface area contributed by atoms with Crippen LogP contribution in [0.1, 0.15) is 6.04 Å². The second-order valence-electron chi connectivity index (χ2n) is 3.89. The molecule has 5 heteroatoms. The van der Waals surface area contributed by atoms with Gasteiger partial charge in [-0.1, -0.05) is 28.9 Å². The van der Waals surface area contributed by atoms with Gasteiger partial charge < -0.3 is 5.32 Å². The maximum atomic E-state index is 5.98. The van der Waals surface area contributed by atoms with Crippen molar-refractivity contribution in [3.05, 3.63) is 35.5 Å². The second-order valence-corrected chi connectivity index (χ2v) is 4.32. The predicted molar refractivity (Wildman–Crippen MR) is 62.4 cm³/mol. The van der Waals surface area contributed by atoms with Crippen LogP contribution >= 0.6 is 11.6 Å². The number of hydrogen-bond donors (Lipinski definition) is 1. The van der Waals surface area contributed by atoms with E-state index in [9.17, 15) is 0 Å². The third-order valence-electron chi connectivity index (χ3n) is 2.80. The van der Waals surface area contributed by atoms with Crippen molar-refractivity contribution in [1.82, 2.24) is 20.3 Å². The quantitative estimate of drug-likeness (QED) is 0.861. The van der Waals surface area contributed by atoms with Crippen molar-refractivity contribution in [2.45, 2.75) is 6.04 Å². The topological polar surface area (TPSA) is 42.7 Å². The van der Waals surface area contributed by atoms with E-state index in [1.165, 1.54) is 0 Å². The van der Waals surface area contributed by atoms with Gasteiger partial charge in [-0.15, -0.1) is 5.10 Å². The Labute approximate surface area is 98.2 Å². The molecular weight excluding hydrogens is 224 g/mol. The molecule has 0 aliphatic carbocycles. The van der Waals surface area contributed by atoms with Crippen molar-refractivity contribution in [1.29, 1.82) is 0 Å². The van der Waals surface area contributed by atoms with Crippen LogP contribution in [0.15, 0.2) is 30.5 Å². The minimum Gasteiger partial charge on any atom is -0.312 e. The van der Waals surface area contributed by atoms with Crippen LogP contribution in [0.4, 0.5) is 0 Å². The average Bonchev–Trinajstić information content (AvgIpc) is 2.64. The predicted octanol–water partition coefficient (Wildman–Crippen LogP) is 1.74. The fraction of sp³-hybridized carbons (Fsp3) is 0.273. The van der Waals surface area contributed by atoms with Gasteiger partial charge in [-0.3, -0.25) is 0 Å². The normalized spacial score (nSPS) is 16.1. The lowest BCUT2D eigenvalue weighted by Gasteiger charge is -2.28. The van der Waals surface area contributed by atoms with Crippen LogP contribution < -0.4 is 5.32 Å². The molecule has 0 unspecified atom stereocenters. The van der Waals surface area contributed by atoms with Gasteiger partial charge in [0.2, 0.25) is 0 Å². The van der Waals surface area contributed by atoms with Crippen molar-refractivity contribution >= 4 is 11.6 Å². The Hall–Kier alpha value is -1.39. The number of nitrogens with one attached hydrogen (secondary N) is 1. The Bertz CT molecular complexity index is 504. The van der Waals surface area contributed by atoms with Gasteiger partial charge in [-0.25, -0.2) is 4.68 Å². The molecule has 0 spiro atoms. The Morgan fingerprint density at radius 3 is 2.94 bits per heavy atom. The molecule has 82 valence electrons. The first kappa shape index (κ1) is 9.81. The lowest BCUT2D eigenvalue weighted by molar-refractivity contribution is 0.315. The number of rotatable bonds is 2. The van der Waals surface area contributed by atoms with Crippen LogP contribution in [-0.2, 0) is 0 Å². The zero-order chi connectivity index (χ0) is 11.0. The smallest absolute Gasteiger partial charge is 0.0890 e. The third-order valence-corrected chi connectivity index (χ3v) is 3.04. The Morgan fingerprint density at radius 1 is 1.38 bits per heavy atom. The molecule has 0 bridgehead atoms. The van der Waals surface area contributed by atoms with Crippen molar-refractivity contribution in [3.8, 4) is 11.3 Å². The van der Waals surface area contributed by atoms with Crippen molar-refractivity contribution < 1.29 is 0 Å². The molecule has 1 saturated heterocycles. The number of aromatic nitrogens is 3.